The van der Waals surface area contributed by atoms with Gasteiger partial charge >= 0.3 is 0 Å². The molecule has 0 amide bonds. The normalized spacial score (nSPS) is 21.4. The molecule has 2 N–H and O–H groups in total. The highest BCUT2D eigenvalue weighted by molar-refractivity contribution is 6.30. The van der Waals surface area contributed by atoms with Crippen LogP contribution in [0, 0.1) is 0 Å². The molecule has 0 bridgehead atoms. The van der Waals surface area contributed by atoms with Crippen molar-refractivity contribution >= 4 is 11.6 Å². The van der Waals surface area contributed by atoms with Crippen molar-refractivity contribution in [3.8, 4) is 0 Å². The molecule has 3 heteroatoms. The molecular weight excluding hydrogens is 210 g/mol. The first-order chi connectivity index (χ1) is 7.20. The Hall–Kier alpha value is -0.570. The van der Waals surface area contributed by atoms with E-state index in [0.29, 0.717) is 6.04 Å². The van der Waals surface area contributed by atoms with E-state index in [1.807, 2.05) is 19.1 Å². The lowest BCUT2D eigenvalue weighted by Gasteiger charge is -2.18. The lowest BCUT2D eigenvalue weighted by Crippen LogP contribution is -2.32. The Morgan fingerprint density at radius 3 is 3.13 bits per heavy atom. The van der Waals surface area contributed by atoms with Gasteiger partial charge in [-0.1, -0.05) is 17.7 Å². The van der Waals surface area contributed by atoms with E-state index in [-0.39, 0.29) is 12.6 Å². The fourth-order valence-electron chi connectivity index (χ4n) is 2.14. The van der Waals surface area contributed by atoms with Gasteiger partial charge in [0.25, 0.3) is 0 Å². The molecule has 2 atom stereocenters. The smallest absolute Gasteiger partial charge is 0.0582 e. The fourth-order valence-corrected chi connectivity index (χ4v) is 2.32. The van der Waals surface area contributed by atoms with E-state index in [0.717, 1.165) is 17.9 Å². The Morgan fingerprint density at radius 2 is 2.40 bits per heavy atom. The van der Waals surface area contributed by atoms with Crippen molar-refractivity contribution in [2.24, 2.45) is 0 Å². The van der Waals surface area contributed by atoms with Gasteiger partial charge in [0.15, 0.2) is 0 Å². The van der Waals surface area contributed by atoms with Crippen molar-refractivity contribution in [1.82, 2.24) is 5.32 Å². The molecule has 0 heterocycles. The largest absolute Gasteiger partial charge is 0.395 e. The molecule has 0 radical (unpaired) electrons. The van der Waals surface area contributed by atoms with Crippen LogP contribution in [-0.2, 0) is 6.42 Å². The van der Waals surface area contributed by atoms with Crippen molar-refractivity contribution in [2.45, 2.75) is 31.8 Å². The topological polar surface area (TPSA) is 32.3 Å². The molecule has 1 aliphatic rings. The van der Waals surface area contributed by atoms with E-state index in [1.54, 1.807) is 0 Å². The zero-order valence-corrected chi connectivity index (χ0v) is 9.59. The Kier molecular flexibility index (Phi) is 3.29. The Morgan fingerprint density at radius 1 is 1.60 bits per heavy atom. The number of nitrogens with one attached hydrogen (secondary N) is 1. The number of aliphatic hydroxyl groups excluding tert-OH is 1. The summed E-state index contributed by atoms with van der Waals surface area (Å²) in [5.74, 6) is 0. The third kappa shape index (κ3) is 2.33. The number of aliphatic hydroxyl groups is 1. The third-order valence-electron chi connectivity index (χ3n) is 2.95. The zero-order valence-electron chi connectivity index (χ0n) is 8.83. The maximum absolute atomic E-state index is 9.01. The zero-order chi connectivity index (χ0) is 10.8. The fraction of sp³-hybridized carbons (Fsp3) is 0.500. The minimum absolute atomic E-state index is 0.139. The second-order valence-corrected chi connectivity index (χ2v) is 4.62. The first kappa shape index (κ1) is 10.9. The molecule has 82 valence electrons. The number of hydrogen-bond acceptors (Lipinski definition) is 2. The summed E-state index contributed by atoms with van der Waals surface area (Å²) in [6.07, 6.45) is 2.20. The number of halogens is 1. The number of aryl methyl sites for hydroxylation is 1. The quantitative estimate of drug-likeness (QED) is 0.828. The van der Waals surface area contributed by atoms with Gasteiger partial charge in [-0.3, -0.25) is 0 Å². The maximum Gasteiger partial charge on any atom is 0.0582 e. The van der Waals surface area contributed by atoms with Crippen molar-refractivity contribution in [1.29, 1.82) is 0 Å². The van der Waals surface area contributed by atoms with Crippen LogP contribution in [0.25, 0.3) is 0 Å². The molecule has 15 heavy (non-hydrogen) atoms. The van der Waals surface area contributed by atoms with E-state index in [9.17, 15) is 0 Å². The third-order valence-corrected chi connectivity index (χ3v) is 3.18. The first-order valence-electron chi connectivity index (χ1n) is 5.36. The average Bonchev–Trinajstić information content (AvgIpc) is 2.61. The van der Waals surface area contributed by atoms with E-state index >= 15 is 0 Å². The summed E-state index contributed by atoms with van der Waals surface area (Å²) < 4.78 is 0. The first-order valence-corrected chi connectivity index (χ1v) is 5.73. The van der Waals surface area contributed by atoms with Crippen molar-refractivity contribution in [3.05, 3.63) is 34.3 Å². The second-order valence-electron chi connectivity index (χ2n) is 4.18. The van der Waals surface area contributed by atoms with E-state index < -0.39 is 0 Å². The maximum atomic E-state index is 9.01. The van der Waals surface area contributed by atoms with Gasteiger partial charge in [-0.25, -0.2) is 0 Å². The van der Waals surface area contributed by atoms with Gasteiger partial charge < -0.3 is 10.4 Å². The lowest BCUT2D eigenvalue weighted by atomic mass is 10.1. The van der Waals surface area contributed by atoms with E-state index in [1.165, 1.54) is 11.1 Å². The minimum atomic E-state index is 0.139. The standard InChI is InChI=1S/C12H16ClNO/c1-8(7-15)14-12-5-3-9-2-4-10(13)6-11(9)12/h2,4,6,8,12,14-15H,3,5,7H2,1H3/t8-,12?/m0/s1. The molecule has 1 aromatic carbocycles. The number of benzene rings is 1. The van der Waals surface area contributed by atoms with Crippen LogP contribution in [0.1, 0.15) is 30.5 Å². The van der Waals surface area contributed by atoms with Crippen LogP contribution in [0.2, 0.25) is 5.02 Å². The Labute approximate surface area is 95.3 Å². The minimum Gasteiger partial charge on any atom is -0.395 e. The van der Waals surface area contributed by atoms with Gasteiger partial charge in [0.2, 0.25) is 0 Å². The van der Waals surface area contributed by atoms with Gasteiger partial charge in [-0.05, 0) is 43.0 Å². The molecule has 0 spiro atoms. The van der Waals surface area contributed by atoms with Crippen molar-refractivity contribution in [2.75, 3.05) is 6.61 Å². The summed E-state index contributed by atoms with van der Waals surface area (Å²) in [7, 11) is 0. The monoisotopic (exact) mass is 225 g/mol. The molecular formula is C12H16ClNO. The summed E-state index contributed by atoms with van der Waals surface area (Å²) in [4.78, 5) is 0. The highest BCUT2D eigenvalue weighted by Gasteiger charge is 2.23. The Balaban J connectivity index is 2.16. The summed E-state index contributed by atoms with van der Waals surface area (Å²) >= 11 is 5.98. The predicted octanol–water partition coefficient (Wildman–Crippen LogP) is 2.30. The molecule has 0 aromatic heterocycles. The number of rotatable bonds is 3. The van der Waals surface area contributed by atoms with Gasteiger partial charge in [0.05, 0.1) is 6.61 Å². The molecule has 1 unspecified atom stereocenters. The van der Waals surface area contributed by atoms with Gasteiger partial charge in [0.1, 0.15) is 0 Å². The second kappa shape index (κ2) is 4.52. The molecule has 1 aliphatic carbocycles. The van der Waals surface area contributed by atoms with Gasteiger partial charge in [0, 0.05) is 17.1 Å². The number of fused-ring (bicyclic) bond motifs is 1. The summed E-state index contributed by atoms with van der Waals surface area (Å²) in [6.45, 7) is 2.16. The van der Waals surface area contributed by atoms with Crippen LogP contribution >= 0.6 is 11.6 Å². The van der Waals surface area contributed by atoms with Crippen molar-refractivity contribution in [3.63, 3.8) is 0 Å². The Bertz CT molecular complexity index is 353. The highest BCUT2D eigenvalue weighted by Crippen LogP contribution is 2.33. The number of hydrogen-bond donors (Lipinski definition) is 2. The SMILES string of the molecule is C[C@@H](CO)NC1CCc2ccc(Cl)cc21. The summed E-state index contributed by atoms with van der Waals surface area (Å²) in [5, 5.41) is 13.2. The summed E-state index contributed by atoms with van der Waals surface area (Å²) in [6, 6.07) is 6.56. The van der Waals surface area contributed by atoms with Gasteiger partial charge in [-0.2, -0.15) is 0 Å². The molecule has 0 aliphatic heterocycles. The molecule has 2 nitrogen and oxygen atoms in total. The molecule has 0 fully saturated rings. The molecule has 0 saturated carbocycles. The highest BCUT2D eigenvalue weighted by atomic mass is 35.5. The van der Waals surface area contributed by atoms with Crippen LogP contribution in [0.5, 0.6) is 0 Å². The molecule has 1 aromatic rings. The molecule has 0 saturated heterocycles. The predicted molar refractivity (Wildman–Crippen MR) is 62.2 cm³/mol. The lowest BCUT2D eigenvalue weighted by molar-refractivity contribution is 0.240. The van der Waals surface area contributed by atoms with Crippen LogP contribution < -0.4 is 5.32 Å². The van der Waals surface area contributed by atoms with Crippen LogP contribution in [0.3, 0.4) is 0 Å². The van der Waals surface area contributed by atoms with E-state index in [4.69, 9.17) is 16.7 Å². The van der Waals surface area contributed by atoms with Crippen LogP contribution in [0.4, 0.5) is 0 Å². The van der Waals surface area contributed by atoms with E-state index in [2.05, 4.69) is 11.4 Å². The average molecular weight is 226 g/mol. The van der Waals surface area contributed by atoms with Crippen LogP contribution in [-0.4, -0.2) is 17.8 Å². The molecule has 2 rings (SSSR count). The summed E-state index contributed by atoms with van der Waals surface area (Å²) in [5.41, 5.74) is 2.67. The van der Waals surface area contributed by atoms with Gasteiger partial charge in [-0.15, -0.1) is 0 Å². The van der Waals surface area contributed by atoms with Crippen molar-refractivity contribution < 1.29 is 5.11 Å². The van der Waals surface area contributed by atoms with Crippen LogP contribution in [0.15, 0.2) is 18.2 Å².